The van der Waals surface area contributed by atoms with Crippen LogP contribution in [0.15, 0.2) is 18.2 Å². The SMILES string of the molecule is CC(C)(CN1CCCc2c(N)cccc21)C(=O)O. The maximum Gasteiger partial charge on any atom is 0.310 e. The largest absolute Gasteiger partial charge is 0.481 e. The van der Waals surface area contributed by atoms with E-state index in [1.165, 1.54) is 0 Å². The number of aliphatic carboxylic acids is 1. The third kappa shape index (κ3) is 2.28. The molecule has 1 aromatic rings. The quantitative estimate of drug-likeness (QED) is 0.804. The number of nitrogen functional groups attached to an aromatic ring is 1. The summed E-state index contributed by atoms with van der Waals surface area (Å²) in [5.41, 5.74) is 8.29. The first-order chi connectivity index (χ1) is 8.42. The lowest BCUT2D eigenvalue weighted by atomic mass is 9.91. The number of fused-ring (bicyclic) bond motifs is 1. The van der Waals surface area contributed by atoms with E-state index in [4.69, 9.17) is 5.73 Å². The summed E-state index contributed by atoms with van der Waals surface area (Å²) in [7, 11) is 0. The van der Waals surface area contributed by atoms with Gasteiger partial charge in [-0.05, 0) is 44.4 Å². The van der Waals surface area contributed by atoms with E-state index in [0.29, 0.717) is 6.54 Å². The minimum atomic E-state index is -0.765. The number of carboxylic acid groups (broad SMARTS) is 1. The molecule has 0 amide bonds. The Balaban J connectivity index is 2.29. The van der Waals surface area contributed by atoms with Crippen molar-refractivity contribution in [1.29, 1.82) is 0 Å². The lowest BCUT2D eigenvalue weighted by Crippen LogP contribution is -2.41. The number of carbonyl (C=O) groups is 1. The van der Waals surface area contributed by atoms with Crippen LogP contribution in [0.5, 0.6) is 0 Å². The predicted molar refractivity (Wildman–Crippen MR) is 72.8 cm³/mol. The van der Waals surface area contributed by atoms with Gasteiger partial charge in [-0.3, -0.25) is 4.79 Å². The molecule has 2 rings (SSSR count). The van der Waals surface area contributed by atoms with Crippen molar-refractivity contribution in [3.8, 4) is 0 Å². The number of anilines is 2. The first-order valence-electron chi connectivity index (χ1n) is 6.27. The van der Waals surface area contributed by atoms with Gasteiger partial charge in [0.2, 0.25) is 0 Å². The summed E-state index contributed by atoms with van der Waals surface area (Å²) < 4.78 is 0. The van der Waals surface area contributed by atoms with Crippen molar-refractivity contribution >= 4 is 17.3 Å². The molecule has 18 heavy (non-hydrogen) atoms. The number of hydrogen-bond acceptors (Lipinski definition) is 3. The average Bonchev–Trinajstić information content (AvgIpc) is 2.30. The van der Waals surface area contributed by atoms with E-state index in [1.54, 1.807) is 13.8 Å². The van der Waals surface area contributed by atoms with Crippen LogP contribution in [0.4, 0.5) is 11.4 Å². The Morgan fingerprint density at radius 2 is 2.22 bits per heavy atom. The van der Waals surface area contributed by atoms with Gasteiger partial charge in [-0.15, -0.1) is 0 Å². The van der Waals surface area contributed by atoms with Gasteiger partial charge in [0, 0.05) is 24.5 Å². The molecule has 4 nitrogen and oxygen atoms in total. The van der Waals surface area contributed by atoms with Crippen molar-refractivity contribution in [3.05, 3.63) is 23.8 Å². The van der Waals surface area contributed by atoms with E-state index in [0.717, 1.165) is 36.3 Å². The molecule has 0 aliphatic carbocycles. The summed E-state index contributed by atoms with van der Waals surface area (Å²) in [6.45, 7) is 4.93. The van der Waals surface area contributed by atoms with E-state index >= 15 is 0 Å². The monoisotopic (exact) mass is 248 g/mol. The van der Waals surface area contributed by atoms with Crippen LogP contribution in [0.3, 0.4) is 0 Å². The standard InChI is InChI=1S/C14H20N2O2/c1-14(2,13(17)18)9-16-8-4-5-10-11(15)6-3-7-12(10)16/h3,6-7H,4-5,8-9,15H2,1-2H3,(H,17,18). The maximum absolute atomic E-state index is 11.2. The number of rotatable bonds is 3. The van der Waals surface area contributed by atoms with Gasteiger partial charge < -0.3 is 15.7 Å². The number of hydrogen-bond donors (Lipinski definition) is 2. The molecule has 98 valence electrons. The summed E-state index contributed by atoms with van der Waals surface area (Å²) in [5, 5.41) is 9.22. The number of carboxylic acids is 1. The Morgan fingerprint density at radius 1 is 1.50 bits per heavy atom. The summed E-state index contributed by atoms with van der Waals surface area (Å²) in [6.07, 6.45) is 2.00. The smallest absolute Gasteiger partial charge is 0.310 e. The average molecular weight is 248 g/mol. The topological polar surface area (TPSA) is 66.6 Å². The van der Waals surface area contributed by atoms with Crippen LogP contribution in [0.2, 0.25) is 0 Å². The predicted octanol–water partition coefficient (Wildman–Crippen LogP) is 2.13. The zero-order valence-corrected chi connectivity index (χ0v) is 10.9. The van der Waals surface area contributed by atoms with Gasteiger partial charge in [0.15, 0.2) is 0 Å². The Morgan fingerprint density at radius 3 is 2.89 bits per heavy atom. The fourth-order valence-corrected chi connectivity index (χ4v) is 2.44. The Labute approximate surface area is 107 Å². The second-order valence-corrected chi connectivity index (χ2v) is 5.56. The van der Waals surface area contributed by atoms with Gasteiger partial charge in [0.1, 0.15) is 0 Å². The van der Waals surface area contributed by atoms with Crippen molar-refractivity contribution in [2.45, 2.75) is 26.7 Å². The third-order valence-corrected chi connectivity index (χ3v) is 3.55. The molecular weight excluding hydrogens is 228 g/mol. The summed E-state index contributed by atoms with van der Waals surface area (Å²) in [6, 6.07) is 5.87. The van der Waals surface area contributed by atoms with Crippen LogP contribution in [0, 0.1) is 5.41 Å². The minimum Gasteiger partial charge on any atom is -0.481 e. The molecule has 1 aliphatic rings. The van der Waals surface area contributed by atoms with Crippen LogP contribution in [-0.4, -0.2) is 24.2 Å². The Kier molecular flexibility index (Phi) is 3.20. The van der Waals surface area contributed by atoms with Gasteiger partial charge in [-0.2, -0.15) is 0 Å². The highest BCUT2D eigenvalue weighted by Crippen LogP contribution is 2.33. The molecule has 4 heteroatoms. The molecule has 3 N–H and O–H groups in total. The molecule has 0 aromatic heterocycles. The normalized spacial score (nSPS) is 15.3. The van der Waals surface area contributed by atoms with Crippen molar-refractivity contribution in [2.24, 2.45) is 5.41 Å². The maximum atomic E-state index is 11.2. The van der Waals surface area contributed by atoms with Crippen molar-refractivity contribution in [2.75, 3.05) is 23.7 Å². The molecule has 0 saturated carbocycles. The first kappa shape index (κ1) is 12.7. The number of nitrogens with two attached hydrogens (primary N) is 1. The summed E-state index contributed by atoms with van der Waals surface area (Å²) >= 11 is 0. The van der Waals surface area contributed by atoms with E-state index in [9.17, 15) is 9.90 Å². The Hall–Kier alpha value is -1.71. The molecule has 0 bridgehead atoms. The first-order valence-corrected chi connectivity index (χ1v) is 6.27. The molecule has 1 aromatic carbocycles. The molecule has 0 spiro atoms. The van der Waals surface area contributed by atoms with E-state index in [-0.39, 0.29) is 0 Å². The molecule has 0 fully saturated rings. The summed E-state index contributed by atoms with van der Waals surface area (Å²) in [5.74, 6) is -0.765. The zero-order valence-electron chi connectivity index (χ0n) is 10.9. The van der Waals surface area contributed by atoms with E-state index in [2.05, 4.69) is 4.90 Å². The second kappa shape index (κ2) is 4.52. The van der Waals surface area contributed by atoms with Crippen LogP contribution in [0.1, 0.15) is 25.8 Å². The highest BCUT2D eigenvalue weighted by atomic mass is 16.4. The minimum absolute atomic E-state index is 0.513. The third-order valence-electron chi connectivity index (χ3n) is 3.55. The van der Waals surface area contributed by atoms with E-state index in [1.807, 2.05) is 18.2 Å². The van der Waals surface area contributed by atoms with Gasteiger partial charge in [-0.1, -0.05) is 6.07 Å². The van der Waals surface area contributed by atoms with Gasteiger partial charge in [0.25, 0.3) is 0 Å². The molecule has 0 atom stereocenters. The highest BCUT2D eigenvalue weighted by molar-refractivity contribution is 5.75. The lowest BCUT2D eigenvalue weighted by molar-refractivity contribution is -0.146. The van der Waals surface area contributed by atoms with Gasteiger partial charge in [-0.25, -0.2) is 0 Å². The molecular formula is C14H20N2O2. The van der Waals surface area contributed by atoms with Crippen LogP contribution >= 0.6 is 0 Å². The number of nitrogens with zero attached hydrogens (tertiary/aromatic N) is 1. The van der Waals surface area contributed by atoms with Crippen molar-refractivity contribution in [1.82, 2.24) is 0 Å². The van der Waals surface area contributed by atoms with Crippen LogP contribution < -0.4 is 10.6 Å². The molecule has 1 aliphatic heterocycles. The van der Waals surface area contributed by atoms with Gasteiger partial charge in [0.05, 0.1) is 5.41 Å². The lowest BCUT2D eigenvalue weighted by Gasteiger charge is -2.36. The molecule has 0 saturated heterocycles. The van der Waals surface area contributed by atoms with Gasteiger partial charge >= 0.3 is 5.97 Å². The zero-order chi connectivity index (χ0) is 13.3. The fraction of sp³-hybridized carbons (Fsp3) is 0.500. The Bertz CT molecular complexity index is 469. The van der Waals surface area contributed by atoms with Crippen molar-refractivity contribution in [3.63, 3.8) is 0 Å². The summed E-state index contributed by atoms with van der Waals surface area (Å²) in [4.78, 5) is 13.4. The molecule has 0 unspecified atom stereocenters. The van der Waals surface area contributed by atoms with Crippen LogP contribution in [0.25, 0.3) is 0 Å². The number of benzene rings is 1. The fourth-order valence-electron chi connectivity index (χ4n) is 2.44. The molecule has 0 radical (unpaired) electrons. The van der Waals surface area contributed by atoms with Crippen molar-refractivity contribution < 1.29 is 9.90 Å². The molecule has 1 heterocycles. The van der Waals surface area contributed by atoms with Crippen LogP contribution in [-0.2, 0) is 11.2 Å². The second-order valence-electron chi connectivity index (χ2n) is 5.56. The van der Waals surface area contributed by atoms with E-state index < -0.39 is 11.4 Å². The highest BCUT2D eigenvalue weighted by Gasteiger charge is 2.31.